The van der Waals surface area contributed by atoms with E-state index in [1.54, 1.807) is 0 Å². The summed E-state index contributed by atoms with van der Waals surface area (Å²) in [6, 6.07) is 15.7. The van der Waals surface area contributed by atoms with Gasteiger partial charge >= 0.3 is 0 Å². The van der Waals surface area contributed by atoms with Gasteiger partial charge in [0.1, 0.15) is 11.6 Å². The summed E-state index contributed by atoms with van der Waals surface area (Å²) in [6.07, 6.45) is 2.38. The summed E-state index contributed by atoms with van der Waals surface area (Å²) in [6.45, 7) is 4.65. The number of hydrogen-bond donors (Lipinski definition) is 0. The highest BCUT2D eigenvalue weighted by atomic mass is 19.1. The van der Waals surface area contributed by atoms with Crippen LogP contribution in [0.5, 0.6) is 5.75 Å². The Morgan fingerprint density at radius 3 is 2.50 bits per heavy atom. The molecule has 2 aromatic rings. The normalized spacial score (nSPS) is 18.5. The maximum atomic E-state index is 13.0. The highest BCUT2D eigenvalue weighted by Crippen LogP contribution is 2.33. The summed E-state index contributed by atoms with van der Waals surface area (Å²) < 4.78 is 18.5. The Bertz CT molecular complexity index is 594. The highest BCUT2D eigenvalue weighted by molar-refractivity contribution is 5.30. The van der Waals surface area contributed by atoms with Crippen LogP contribution in [0.4, 0.5) is 4.39 Å². The van der Waals surface area contributed by atoms with E-state index in [1.807, 2.05) is 31.2 Å². The largest absolute Gasteiger partial charge is 0.494 e. The van der Waals surface area contributed by atoms with E-state index in [9.17, 15) is 4.39 Å². The molecule has 1 saturated heterocycles. The van der Waals surface area contributed by atoms with Crippen LogP contribution in [-0.2, 0) is 6.54 Å². The number of halogens is 1. The molecule has 1 heterocycles. The van der Waals surface area contributed by atoms with Gasteiger partial charge in [0.2, 0.25) is 0 Å². The molecular formula is C19H22FNO. The molecule has 0 saturated carbocycles. The molecule has 0 spiro atoms. The molecule has 0 aliphatic carbocycles. The van der Waals surface area contributed by atoms with Crippen LogP contribution in [-0.4, -0.2) is 18.1 Å². The zero-order chi connectivity index (χ0) is 15.4. The Hall–Kier alpha value is -1.87. The number of nitrogens with zero attached hydrogens (tertiary/aromatic N) is 1. The summed E-state index contributed by atoms with van der Waals surface area (Å²) in [5.74, 6) is 0.752. The molecule has 1 atom stereocenters. The molecule has 2 aromatic carbocycles. The van der Waals surface area contributed by atoms with E-state index >= 15 is 0 Å². The Labute approximate surface area is 131 Å². The van der Waals surface area contributed by atoms with Crippen molar-refractivity contribution in [1.29, 1.82) is 0 Å². The lowest BCUT2D eigenvalue weighted by molar-refractivity contribution is 0.248. The number of hydrogen-bond acceptors (Lipinski definition) is 2. The fraction of sp³-hybridized carbons (Fsp3) is 0.368. The van der Waals surface area contributed by atoms with Crippen molar-refractivity contribution in [3.05, 3.63) is 65.5 Å². The lowest BCUT2D eigenvalue weighted by Gasteiger charge is -2.25. The van der Waals surface area contributed by atoms with Gasteiger partial charge in [0, 0.05) is 12.6 Å². The molecule has 3 rings (SSSR count). The van der Waals surface area contributed by atoms with Crippen molar-refractivity contribution in [1.82, 2.24) is 4.90 Å². The third-order valence-corrected chi connectivity index (χ3v) is 4.24. The second-order valence-corrected chi connectivity index (χ2v) is 5.76. The van der Waals surface area contributed by atoms with E-state index in [-0.39, 0.29) is 5.82 Å². The molecule has 2 nitrogen and oxygen atoms in total. The van der Waals surface area contributed by atoms with Crippen LogP contribution in [0.2, 0.25) is 0 Å². The van der Waals surface area contributed by atoms with Crippen molar-refractivity contribution in [2.45, 2.75) is 32.4 Å². The van der Waals surface area contributed by atoms with Gasteiger partial charge in [-0.2, -0.15) is 0 Å². The molecule has 0 aromatic heterocycles. The van der Waals surface area contributed by atoms with E-state index in [1.165, 1.54) is 36.1 Å². The number of benzene rings is 2. The lowest BCUT2D eigenvalue weighted by atomic mass is 10.0. The minimum Gasteiger partial charge on any atom is -0.494 e. The van der Waals surface area contributed by atoms with Crippen molar-refractivity contribution < 1.29 is 9.13 Å². The quantitative estimate of drug-likeness (QED) is 0.802. The van der Waals surface area contributed by atoms with E-state index in [2.05, 4.69) is 17.0 Å². The average Bonchev–Trinajstić information content (AvgIpc) is 2.99. The molecule has 22 heavy (non-hydrogen) atoms. The predicted octanol–water partition coefficient (Wildman–Crippen LogP) is 4.56. The van der Waals surface area contributed by atoms with E-state index < -0.39 is 0 Å². The smallest absolute Gasteiger partial charge is 0.123 e. The van der Waals surface area contributed by atoms with Gasteiger partial charge in [-0.15, -0.1) is 0 Å². The summed E-state index contributed by atoms with van der Waals surface area (Å²) in [5.41, 5.74) is 2.50. The maximum absolute atomic E-state index is 13.0. The van der Waals surface area contributed by atoms with Crippen LogP contribution in [0.1, 0.15) is 36.9 Å². The average molecular weight is 299 g/mol. The first-order valence-electron chi connectivity index (χ1n) is 7.97. The van der Waals surface area contributed by atoms with Crippen molar-refractivity contribution in [3.63, 3.8) is 0 Å². The van der Waals surface area contributed by atoms with Gasteiger partial charge in [0.15, 0.2) is 0 Å². The Balaban J connectivity index is 1.70. The first kappa shape index (κ1) is 15.0. The highest BCUT2D eigenvalue weighted by Gasteiger charge is 2.25. The maximum Gasteiger partial charge on any atom is 0.123 e. The summed E-state index contributed by atoms with van der Waals surface area (Å²) >= 11 is 0. The zero-order valence-corrected chi connectivity index (χ0v) is 13.0. The van der Waals surface area contributed by atoms with Crippen LogP contribution in [0.3, 0.4) is 0 Å². The number of likely N-dealkylation sites (tertiary alicyclic amines) is 1. The Kier molecular flexibility index (Phi) is 4.74. The third-order valence-electron chi connectivity index (χ3n) is 4.24. The molecule has 1 aliphatic rings. The second kappa shape index (κ2) is 6.93. The fourth-order valence-corrected chi connectivity index (χ4v) is 3.17. The first-order chi connectivity index (χ1) is 10.8. The Morgan fingerprint density at radius 1 is 1.09 bits per heavy atom. The first-order valence-corrected chi connectivity index (χ1v) is 7.97. The SMILES string of the molecule is CCOc1ccc(C2CCCN2Cc2ccc(F)cc2)cc1. The number of rotatable bonds is 5. The lowest BCUT2D eigenvalue weighted by Crippen LogP contribution is -2.22. The van der Waals surface area contributed by atoms with E-state index in [4.69, 9.17) is 4.74 Å². The predicted molar refractivity (Wildman–Crippen MR) is 86.4 cm³/mol. The molecule has 0 N–H and O–H groups in total. The van der Waals surface area contributed by atoms with Crippen molar-refractivity contribution in [2.75, 3.05) is 13.2 Å². The van der Waals surface area contributed by atoms with Crippen LogP contribution in [0.25, 0.3) is 0 Å². The molecular weight excluding hydrogens is 277 g/mol. The van der Waals surface area contributed by atoms with Gasteiger partial charge in [-0.3, -0.25) is 4.90 Å². The topological polar surface area (TPSA) is 12.5 Å². The van der Waals surface area contributed by atoms with Crippen LogP contribution in [0.15, 0.2) is 48.5 Å². The molecule has 1 unspecified atom stereocenters. The molecule has 0 bridgehead atoms. The van der Waals surface area contributed by atoms with Gasteiger partial charge < -0.3 is 4.74 Å². The minimum atomic E-state index is -0.173. The van der Waals surface area contributed by atoms with Crippen molar-refractivity contribution >= 4 is 0 Å². The molecule has 0 amide bonds. The molecule has 1 fully saturated rings. The Morgan fingerprint density at radius 2 is 1.82 bits per heavy atom. The van der Waals surface area contributed by atoms with Gasteiger partial charge in [-0.25, -0.2) is 4.39 Å². The van der Waals surface area contributed by atoms with E-state index in [0.29, 0.717) is 12.6 Å². The minimum absolute atomic E-state index is 0.173. The van der Waals surface area contributed by atoms with E-state index in [0.717, 1.165) is 18.8 Å². The second-order valence-electron chi connectivity index (χ2n) is 5.76. The summed E-state index contributed by atoms with van der Waals surface area (Å²) in [4.78, 5) is 2.48. The van der Waals surface area contributed by atoms with Crippen LogP contribution < -0.4 is 4.74 Å². The molecule has 1 aliphatic heterocycles. The monoisotopic (exact) mass is 299 g/mol. The van der Waals surface area contributed by atoms with Crippen LogP contribution >= 0.6 is 0 Å². The van der Waals surface area contributed by atoms with Crippen LogP contribution in [0, 0.1) is 5.82 Å². The zero-order valence-electron chi connectivity index (χ0n) is 13.0. The van der Waals surface area contributed by atoms with Crippen molar-refractivity contribution in [2.24, 2.45) is 0 Å². The molecule has 0 radical (unpaired) electrons. The standard InChI is InChI=1S/C19H22FNO/c1-2-22-18-11-7-16(8-12-18)19-4-3-13-21(19)14-15-5-9-17(20)10-6-15/h5-12,19H,2-4,13-14H2,1H3. The molecule has 116 valence electrons. The van der Waals surface area contributed by atoms with Gasteiger partial charge in [-0.05, 0) is 61.7 Å². The van der Waals surface area contributed by atoms with Gasteiger partial charge in [0.05, 0.1) is 6.61 Å². The third kappa shape index (κ3) is 3.47. The fourth-order valence-electron chi connectivity index (χ4n) is 3.17. The van der Waals surface area contributed by atoms with Gasteiger partial charge in [0.25, 0.3) is 0 Å². The summed E-state index contributed by atoms with van der Waals surface area (Å²) in [5, 5.41) is 0. The van der Waals surface area contributed by atoms with Gasteiger partial charge in [-0.1, -0.05) is 24.3 Å². The number of ether oxygens (including phenoxy) is 1. The molecule has 3 heteroatoms. The summed E-state index contributed by atoms with van der Waals surface area (Å²) in [7, 11) is 0. The van der Waals surface area contributed by atoms with Crippen molar-refractivity contribution in [3.8, 4) is 5.75 Å².